The first-order valence-corrected chi connectivity index (χ1v) is 4.07. The van der Waals surface area contributed by atoms with Gasteiger partial charge < -0.3 is 5.32 Å². The SMILES string of the molecule is CC1(c2cncc(F)c2)CCN1. The molecule has 0 amide bonds. The minimum atomic E-state index is -0.262. The quantitative estimate of drug-likeness (QED) is 0.682. The molecular formula is C9H11FN2. The van der Waals surface area contributed by atoms with Crippen LogP contribution in [0.3, 0.4) is 0 Å². The molecule has 0 bridgehead atoms. The van der Waals surface area contributed by atoms with Crippen molar-refractivity contribution in [2.75, 3.05) is 6.54 Å². The predicted molar refractivity (Wildman–Crippen MR) is 44.2 cm³/mol. The van der Waals surface area contributed by atoms with E-state index in [1.54, 1.807) is 12.3 Å². The van der Waals surface area contributed by atoms with Crippen LogP contribution in [0.25, 0.3) is 0 Å². The molecule has 0 spiro atoms. The largest absolute Gasteiger partial charge is 0.307 e. The number of hydrogen-bond donors (Lipinski definition) is 1. The number of nitrogens with zero attached hydrogens (tertiary/aromatic N) is 1. The predicted octanol–water partition coefficient (Wildman–Crippen LogP) is 1.43. The van der Waals surface area contributed by atoms with E-state index in [-0.39, 0.29) is 11.4 Å². The van der Waals surface area contributed by atoms with Crippen molar-refractivity contribution in [3.05, 3.63) is 29.8 Å². The minimum Gasteiger partial charge on any atom is -0.307 e. The Balaban J connectivity index is 2.33. The summed E-state index contributed by atoms with van der Waals surface area (Å²) in [6.07, 6.45) is 4.00. The van der Waals surface area contributed by atoms with Gasteiger partial charge in [0.25, 0.3) is 0 Å². The van der Waals surface area contributed by atoms with E-state index in [1.165, 1.54) is 6.20 Å². The molecule has 1 aliphatic rings. The molecule has 0 saturated carbocycles. The van der Waals surface area contributed by atoms with Crippen LogP contribution in [0, 0.1) is 5.82 Å². The molecule has 0 radical (unpaired) electrons. The van der Waals surface area contributed by atoms with Crippen molar-refractivity contribution in [1.29, 1.82) is 0 Å². The maximum atomic E-state index is 12.8. The summed E-state index contributed by atoms with van der Waals surface area (Å²) in [5.74, 6) is -0.262. The van der Waals surface area contributed by atoms with Gasteiger partial charge in [-0.1, -0.05) is 0 Å². The van der Waals surface area contributed by atoms with Crippen LogP contribution in [-0.2, 0) is 5.54 Å². The first-order chi connectivity index (χ1) is 5.71. The normalized spacial score (nSPS) is 28.2. The summed E-state index contributed by atoms with van der Waals surface area (Å²) in [6, 6.07) is 1.54. The van der Waals surface area contributed by atoms with Crippen molar-refractivity contribution in [1.82, 2.24) is 10.3 Å². The first kappa shape index (κ1) is 7.68. The molecule has 1 saturated heterocycles. The molecule has 1 N–H and O–H groups in total. The van der Waals surface area contributed by atoms with E-state index in [9.17, 15) is 4.39 Å². The Bertz CT molecular complexity index is 294. The number of pyridine rings is 1. The van der Waals surface area contributed by atoms with Crippen molar-refractivity contribution < 1.29 is 4.39 Å². The van der Waals surface area contributed by atoms with Gasteiger partial charge in [0.1, 0.15) is 5.82 Å². The van der Waals surface area contributed by atoms with E-state index in [4.69, 9.17) is 0 Å². The van der Waals surface area contributed by atoms with Crippen LogP contribution in [0.1, 0.15) is 18.9 Å². The third-order valence-corrected chi connectivity index (χ3v) is 2.48. The Morgan fingerprint density at radius 1 is 1.58 bits per heavy atom. The van der Waals surface area contributed by atoms with Gasteiger partial charge in [0.15, 0.2) is 0 Å². The van der Waals surface area contributed by atoms with Gasteiger partial charge in [0.05, 0.1) is 6.20 Å². The van der Waals surface area contributed by atoms with Crippen LogP contribution >= 0.6 is 0 Å². The van der Waals surface area contributed by atoms with Gasteiger partial charge in [-0.3, -0.25) is 4.98 Å². The highest BCUT2D eigenvalue weighted by molar-refractivity contribution is 5.23. The first-order valence-electron chi connectivity index (χ1n) is 4.07. The fourth-order valence-electron chi connectivity index (χ4n) is 1.46. The summed E-state index contributed by atoms with van der Waals surface area (Å²) in [5, 5.41) is 3.26. The average molecular weight is 166 g/mol. The Morgan fingerprint density at radius 3 is 2.83 bits per heavy atom. The van der Waals surface area contributed by atoms with Crippen LogP contribution < -0.4 is 5.32 Å². The van der Waals surface area contributed by atoms with Gasteiger partial charge >= 0.3 is 0 Å². The fraction of sp³-hybridized carbons (Fsp3) is 0.444. The van der Waals surface area contributed by atoms with Gasteiger partial charge in [-0.2, -0.15) is 0 Å². The lowest BCUT2D eigenvalue weighted by Gasteiger charge is -2.40. The summed E-state index contributed by atoms with van der Waals surface area (Å²) in [7, 11) is 0. The van der Waals surface area contributed by atoms with E-state index in [2.05, 4.69) is 17.2 Å². The van der Waals surface area contributed by atoms with Gasteiger partial charge in [0, 0.05) is 11.7 Å². The number of rotatable bonds is 1. The standard InChI is InChI=1S/C9H11FN2/c1-9(2-3-12-9)7-4-8(10)6-11-5-7/h4-6,12H,2-3H2,1H3. The fourth-order valence-corrected chi connectivity index (χ4v) is 1.46. The van der Waals surface area contributed by atoms with Crippen LogP contribution in [0.15, 0.2) is 18.5 Å². The zero-order chi connectivity index (χ0) is 8.60. The highest BCUT2D eigenvalue weighted by Crippen LogP contribution is 2.29. The summed E-state index contributed by atoms with van der Waals surface area (Å²) in [4.78, 5) is 3.82. The molecule has 1 aromatic heterocycles. The van der Waals surface area contributed by atoms with Crippen LogP contribution in [0.2, 0.25) is 0 Å². The van der Waals surface area contributed by atoms with E-state index in [0.717, 1.165) is 18.5 Å². The number of hydrogen-bond acceptors (Lipinski definition) is 2. The lowest BCUT2D eigenvalue weighted by molar-refractivity contribution is 0.235. The van der Waals surface area contributed by atoms with Crippen LogP contribution in [0.4, 0.5) is 4.39 Å². The molecular weight excluding hydrogens is 155 g/mol. The lowest BCUT2D eigenvalue weighted by atomic mass is 9.84. The van der Waals surface area contributed by atoms with Crippen molar-refractivity contribution in [2.24, 2.45) is 0 Å². The zero-order valence-electron chi connectivity index (χ0n) is 6.97. The summed E-state index contributed by atoms with van der Waals surface area (Å²) < 4.78 is 12.8. The molecule has 64 valence electrons. The Kier molecular flexibility index (Phi) is 1.61. The topological polar surface area (TPSA) is 24.9 Å². The number of halogens is 1. The maximum Gasteiger partial charge on any atom is 0.141 e. The molecule has 12 heavy (non-hydrogen) atoms. The third kappa shape index (κ3) is 1.10. The summed E-state index contributed by atoms with van der Waals surface area (Å²) >= 11 is 0. The molecule has 0 aromatic carbocycles. The monoisotopic (exact) mass is 166 g/mol. The molecule has 3 heteroatoms. The van der Waals surface area contributed by atoms with E-state index < -0.39 is 0 Å². The second-order valence-corrected chi connectivity index (χ2v) is 3.40. The highest BCUT2D eigenvalue weighted by Gasteiger charge is 2.33. The van der Waals surface area contributed by atoms with E-state index in [1.807, 2.05) is 0 Å². The molecule has 0 aliphatic carbocycles. The molecule has 1 unspecified atom stereocenters. The minimum absolute atomic E-state index is 0.0465. The van der Waals surface area contributed by atoms with Crippen molar-refractivity contribution in [2.45, 2.75) is 18.9 Å². The lowest BCUT2D eigenvalue weighted by Crippen LogP contribution is -2.51. The second-order valence-electron chi connectivity index (χ2n) is 3.40. The Morgan fingerprint density at radius 2 is 2.33 bits per heavy atom. The maximum absolute atomic E-state index is 12.8. The van der Waals surface area contributed by atoms with Gasteiger partial charge in [0.2, 0.25) is 0 Å². The van der Waals surface area contributed by atoms with E-state index >= 15 is 0 Å². The Labute approximate surface area is 70.8 Å². The smallest absolute Gasteiger partial charge is 0.141 e. The number of nitrogens with one attached hydrogen (secondary N) is 1. The molecule has 2 rings (SSSR count). The zero-order valence-corrected chi connectivity index (χ0v) is 6.97. The van der Waals surface area contributed by atoms with Crippen LogP contribution in [-0.4, -0.2) is 11.5 Å². The van der Waals surface area contributed by atoms with Gasteiger partial charge in [-0.05, 0) is 31.5 Å². The van der Waals surface area contributed by atoms with Crippen molar-refractivity contribution >= 4 is 0 Å². The summed E-state index contributed by atoms with van der Waals surface area (Å²) in [6.45, 7) is 3.07. The molecule has 1 fully saturated rings. The third-order valence-electron chi connectivity index (χ3n) is 2.48. The van der Waals surface area contributed by atoms with Gasteiger partial charge in [-0.25, -0.2) is 4.39 Å². The Hall–Kier alpha value is -0.960. The van der Waals surface area contributed by atoms with Crippen molar-refractivity contribution in [3.8, 4) is 0 Å². The van der Waals surface area contributed by atoms with Crippen LogP contribution in [0.5, 0.6) is 0 Å². The molecule has 1 aliphatic heterocycles. The summed E-state index contributed by atoms with van der Waals surface area (Å²) in [5.41, 5.74) is 0.892. The molecule has 1 aromatic rings. The second kappa shape index (κ2) is 2.52. The molecule has 1 atom stereocenters. The number of aromatic nitrogens is 1. The van der Waals surface area contributed by atoms with E-state index in [0.29, 0.717) is 0 Å². The highest BCUT2D eigenvalue weighted by atomic mass is 19.1. The van der Waals surface area contributed by atoms with Gasteiger partial charge in [-0.15, -0.1) is 0 Å². The van der Waals surface area contributed by atoms with Crippen molar-refractivity contribution in [3.63, 3.8) is 0 Å². The average Bonchev–Trinajstić information content (AvgIpc) is 2.00. The molecule has 2 heterocycles. The molecule has 2 nitrogen and oxygen atoms in total.